The van der Waals surface area contributed by atoms with Crippen LogP contribution in [0.5, 0.6) is 23.0 Å². The van der Waals surface area contributed by atoms with Gasteiger partial charge < -0.3 is 23.7 Å². The van der Waals surface area contributed by atoms with E-state index < -0.39 is 0 Å². The molecule has 0 heterocycles. The number of methoxy groups -OCH3 is 3. The summed E-state index contributed by atoms with van der Waals surface area (Å²) in [7, 11) is 4.71. The SMILES string of the molecule is COc1ccc(OCCOC(=O)Cc2cc(OC)c(OC)cc2Br)cc1. The van der Waals surface area contributed by atoms with Crippen molar-refractivity contribution in [2.45, 2.75) is 6.42 Å². The van der Waals surface area contributed by atoms with Gasteiger partial charge in [-0.25, -0.2) is 0 Å². The van der Waals surface area contributed by atoms with E-state index in [9.17, 15) is 4.79 Å². The van der Waals surface area contributed by atoms with Gasteiger partial charge in [0, 0.05) is 4.47 Å². The number of ether oxygens (including phenoxy) is 5. The van der Waals surface area contributed by atoms with Gasteiger partial charge in [-0.2, -0.15) is 0 Å². The lowest BCUT2D eigenvalue weighted by molar-refractivity contribution is -0.143. The normalized spacial score (nSPS) is 10.2. The molecule has 0 bridgehead atoms. The maximum atomic E-state index is 12.0. The maximum Gasteiger partial charge on any atom is 0.310 e. The predicted molar refractivity (Wildman–Crippen MR) is 100 cm³/mol. The molecule has 0 atom stereocenters. The first-order chi connectivity index (χ1) is 12.6. The molecule has 0 aliphatic carbocycles. The highest BCUT2D eigenvalue weighted by Crippen LogP contribution is 2.33. The van der Waals surface area contributed by atoms with Gasteiger partial charge in [-0.05, 0) is 42.0 Å². The topological polar surface area (TPSA) is 63.2 Å². The van der Waals surface area contributed by atoms with Crippen LogP contribution in [0.2, 0.25) is 0 Å². The van der Waals surface area contributed by atoms with E-state index in [0.717, 1.165) is 15.8 Å². The highest BCUT2D eigenvalue weighted by atomic mass is 79.9. The molecule has 0 saturated carbocycles. The number of hydrogen-bond donors (Lipinski definition) is 0. The lowest BCUT2D eigenvalue weighted by Crippen LogP contribution is -2.14. The molecule has 0 aliphatic rings. The Hall–Kier alpha value is -2.41. The maximum absolute atomic E-state index is 12.0. The minimum absolute atomic E-state index is 0.115. The number of esters is 1. The minimum Gasteiger partial charge on any atom is -0.497 e. The fraction of sp³-hybridized carbons (Fsp3) is 0.316. The van der Waals surface area contributed by atoms with Gasteiger partial charge in [0.05, 0.1) is 27.8 Å². The molecule has 140 valence electrons. The van der Waals surface area contributed by atoms with Crippen LogP contribution in [0.3, 0.4) is 0 Å². The summed E-state index contributed by atoms with van der Waals surface area (Å²) in [5, 5.41) is 0. The smallest absolute Gasteiger partial charge is 0.310 e. The summed E-state index contributed by atoms with van der Waals surface area (Å²) in [5.41, 5.74) is 0.753. The minimum atomic E-state index is -0.351. The standard InChI is InChI=1S/C19H21BrO6/c1-22-14-4-6-15(7-5-14)25-8-9-26-19(21)11-13-10-17(23-2)18(24-3)12-16(13)20/h4-7,10,12H,8-9,11H2,1-3H3. The van der Waals surface area contributed by atoms with Crippen LogP contribution >= 0.6 is 15.9 Å². The number of hydrogen-bond acceptors (Lipinski definition) is 6. The molecule has 0 amide bonds. The fourth-order valence-electron chi connectivity index (χ4n) is 2.23. The molecule has 0 fully saturated rings. The first-order valence-electron chi connectivity index (χ1n) is 7.90. The Labute approximate surface area is 161 Å². The summed E-state index contributed by atoms with van der Waals surface area (Å²) in [4.78, 5) is 12.0. The molecule has 0 N–H and O–H groups in total. The van der Waals surface area contributed by atoms with Crippen molar-refractivity contribution in [3.63, 3.8) is 0 Å². The largest absolute Gasteiger partial charge is 0.497 e. The van der Waals surface area contributed by atoms with Crippen molar-refractivity contribution in [2.24, 2.45) is 0 Å². The van der Waals surface area contributed by atoms with Crippen molar-refractivity contribution in [1.82, 2.24) is 0 Å². The molecule has 0 spiro atoms. The van der Waals surface area contributed by atoms with Gasteiger partial charge in [-0.15, -0.1) is 0 Å². The number of carbonyl (C=O) groups excluding carboxylic acids is 1. The molecular weight excluding hydrogens is 404 g/mol. The Bertz CT molecular complexity index is 730. The van der Waals surface area contributed by atoms with Crippen LogP contribution in [0.25, 0.3) is 0 Å². The third-order valence-electron chi connectivity index (χ3n) is 3.56. The fourth-order valence-corrected chi connectivity index (χ4v) is 2.69. The van der Waals surface area contributed by atoms with Gasteiger partial charge in [0.2, 0.25) is 0 Å². The van der Waals surface area contributed by atoms with Gasteiger partial charge in [0.15, 0.2) is 11.5 Å². The van der Waals surface area contributed by atoms with Gasteiger partial charge >= 0.3 is 5.97 Å². The van der Waals surface area contributed by atoms with E-state index in [2.05, 4.69) is 15.9 Å². The average Bonchev–Trinajstić information content (AvgIpc) is 2.67. The first-order valence-corrected chi connectivity index (χ1v) is 8.69. The van der Waals surface area contributed by atoms with Crippen LogP contribution in [0, 0.1) is 0 Å². The zero-order valence-electron chi connectivity index (χ0n) is 14.9. The number of halogens is 1. The Morgan fingerprint density at radius 1 is 0.885 bits per heavy atom. The zero-order chi connectivity index (χ0) is 18.9. The summed E-state index contributed by atoms with van der Waals surface area (Å²) in [5.74, 6) is 2.23. The van der Waals surface area contributed by atoms with Crippen LogP contribution < -0.4 is 18.9 Å². The lowest BCUT2D eigenvalue weighted by Gasteiger charge is -2.12. The molecule has 0 saturated heterocycles. The zero-order valence-corrected chi connectivity index (χ0v) is 16.5. The van der Waals surface area contributed by atoms with Gasteiger partial charge in [-0.3, -0.25) is 4.79 Å². The molecular formula is C19H21BrO6. The van der Waals surface area contributed by atoms with Crippen molar-refractivity contribution in [1.29, 1.82) is 0 Å². The summed E-state index contributed by atoms with van der Waals surface area (Å²) >= 11 is 3.43. The molecule has 0 unspecified atom stereocenters. The lowest BCUT2D eigenvalue weighted by atomic mass is 10.1. The van der Waals surface area contributed by atoms with Crippen molar-refractivity contribution in [3.05, 3.63) is 46.4 Å². The van der Waals surface area contributed by atoms with Crippen molar-refractivity contribution in [2.75, 3.05) is 34.5 Å². The third-order valence-corrected chi connectivity index (χ3v) is 4.30. The Morgan fingerprint density at radius 3 is 2.12 bits per heavy atom. The second-order valence-corrected chi connectivity index (χ2v) is 6.07. The Morgan fingerprint density at radius 2 is 1.50 bits per heavy atom. The molecule has 6 nitrogen and oxygen atoms in total. The number of carbonyl (C=O) groups is 1. The third kappa shape index (κ3) is 5.56. The van der Waals surface area contributed by atoms with Crippen LogP contribution in [0.4, 0.5) is 0 Å². The summed E-state index contributed by atoms with van der Waals surface area (Å²) < 4.78 is 27.0. The molecule has 2 rings (SSSR count). The molecule has 26 heavy (non-hydrogen) atoms. The van der Waals surface area contributed by atoms with Gasteiger partial charge in [0.1, 0.15) is 24.7 Å². The number of benzene rings is 2. The second-order valence-electron chi connectivity index (χ2n) is 5.22. The number of rotatable bonds is 9. The summed E-state index contributed by atoms with van der Waals surface area (Å²) in [6.45, 7) is 0.431. The van der Waals surface area contributed by atoms with Crippen molar-refractivity contribution < 1.29 is 28.5 Å². The van der Waals surface area contributed by atoms with Crippen LogP contribution in [-0.4, -0.2) is 40.5 Å². The van der Waals surface area contributed by atoms with E-state index in [-0.39, 0.29) is 25.6 Å². The molecule has 7 heteroatoms. The molecule has 2 aromatic carbocycles. The molecule has 0 radical (unpaired) electrons. The van der Waals surface area contributed by atoms with Crippen molar-refractivity contribution in [3.8, 4) is 23.0 Å². The van der Waals surface area contributed by atoms with Gasteiger partial charge in [0.25, 0.3) is 0 Å². The van der Waals surface area contributed by atoms with Crippen LogP contribution in [-0.2, 0) is 16.0 Å². The quantitative estimate of drug-likeness (QED) is 0.452. The van der Waals surface area contributed by atoms with E-state index in [0.29, 0.717) is 17.2 Å². The Kier molecular flexibility index (Phi) is 7.59. The van der Waals surface area contributed by atoms with E-state index in [1.807, 2.05) is 0 Å². The molecule has 0 aromatic heterocycles. The summed E-state index contributed by atoms with van der Waals surface area (Å²) in [6, 6.07) is 10.7. The monoisotopic (exact) mass is 424 g/mol. The van der Waals surface area contributed by atoms with E-state index in [1.165, 1.54) is 0 Å². The molecule has 0 aliphatic heterocycles. The van der Waals surface area contributed by atoms with E-state index in [1.54, 1.807) is 57.7 Å². The summed E-state index contributed by atoms with van der Waals surface area (Å²) in [6.07, 6.45) is 0.115. The van der Waals surface area contributed by atoms with E-state index in [4.69, 9.17) is 23.7 Å². The Balaban J connectivity index is 1.81. The van der Waals surface area contributed by atoms with Crippen LogP contribution in [0.15, 0.2) is 40.9 Å². The van der Waals surface area contributed by atoms with Crippen molar-refractivity contribution >= 4 is 21.9 Å². The predicted octanol–water partition coefficient (Wildman–Crippen LogP) is 3.64. The van der Waals surface area contributed by atoms with Crippen LogP contribution in [0.1, 0.15) is 5.56 Å². The highest BCUT2D eigenvalue weighted by Gasteiger charge is 2.13. The average molecular weight is 425 g/mol. The first kappa shape index (κ1) is 19.9. The van der Waals surface area contributed by atoms with E-state index >= 15 is 0 Å². The highest BCUT2D eigenvalue weighted by molar-refractivity contribution is 9.10. The van der Waals surface area contributed by atoms with Gasteiger partial charge in [-0.1, -0.05) is 15.9 Å². The molecule has 2 aromatic rings. The second kappa shape index (κ2) is 9.91.